The molecule has 1 aromatic rings. The number of hydrogen-bond donors (Lipinski definition) is 2. The van der Waals surface area contributed by atoms with E-state index in [0.29, 0.717) is 11.3 Å². The van der Waals surface area contributed by atoms with E-state index in [4.69, 9.17) is 9.94 Å². The molecule has 0 saturated carbocycles. The van der Waals surface area contributed by atoms with Crippen LogP contribution >= 0.6 is 0 Å². The highest BCUT2D eigenvalue weighted by Crippen LogP contribution is 2.14. The lowest BCUT2D eigenvalue weighted by atomic mass is 10.1. The van der Waals surface area contributed by atoms with Crippen molar-refractivity contribution in [3.05, 3.63) is 29.8 Å². The summed E-state index contributed by atoms with van der Waals surface area (Å²) < 4.78 is 40.7. The van der Waals surface area contributed by atoms with E-state index in [1.165, 1.54) is 12.1 Å². The van der Waals surface area contributed by atoms with Crippen LogP contribution < -0.4 is 10.1 Å². The van der Waals surface area contributed by atoms with Crippen LogP contribution in [0.1, 0.15) is 12.5 Å². The normalized spacial score (nSPS) is 12.1. The number of alkyl halides is 3. The number of nitrogens with zero attached hydrogens (tertiary/aromatic N) is 1. The number of benzene rings is 1. The van der Waals surface area contributed by atoms with Gasteiger partial charge in [0.25, 0.3) is 5.91 Å². The zero-order chi connectivity index (χ0) is 15.2. The fourth-order valence-electron chi connectivity index (χ4n) is 1.27. The number of nitrogens with one attached hydrogen (secondary N) is 1. The molecule has 1 aromatic carbocycles. The van der Waals surface area contributed by atoms with Crippen LogP contribution in [0.25, 0.3) is 0 Å². The number of amides is 1. The molecule has 0 aliphatic rings. The largest absolute Gasteiger partial charge is 0.484 e. The topological polar surface area (TPSA) is 70.9 Å². The van der Waals surface area contributed by atoms with Crippen molar-refractivity contribution in [1.82, 2.24) is 5.32 Å². The van der Waals surface area contributed by atoms with Gasteiger partial charge in [-0.3, -0.25) is 4.79 Å². The Morgan fingerprint density at radius 2 is 2.15 bits per heavy atom. The average molecular weight is 290 g/mol. The Morgan fingerprint density at radius 3 is 2.75 bits per heavy atom. The molecule has 0 saturated heterocycles. The number of oxime groups is 1. The van der Waals surface area contributed by atoms with Crippen LogP contribution in [0.15, 0.2) is 29.4 Å². The van der Waals surface area contributed by atoms with Crippen molar-refractivity contribution in [3.8, 4) is 5.75 Å². The monoisotopic (exact) mass is 290 g/mol. The van der Waals surface area contributed by atoms with Crippen LogP contribution in [0, 0.1) is 0 Å². The van der Waals surface area contributed by atoms with Gasteiger partial charge in [-0.25, -0.2) is 0 Å². The van der Waals surface area contributed by atoms with Crippen molar-refractivity contribution in [2.24, 2.45) is 5.16 Å². The molecule has 0 aromatic heterocycles. The van der Waals surface area contributed by atoms with Crippen molar-refractivity contribution in [3.63, 3.8) is 0 Å². The van der Waals surface area contributed by atoms with Gasteiger partial charge in [0, 0.05) is 5.56 Å². The van der Waals surface area contributed by atoms with E-state index in [2.05, 4.69) is 5.16 Å². The molecule has 110 valence electrons. The summed E-state index contributed by atoms with van der Waals surface area (Å²) in [6.07, 6.45) is -4.45. The summed E-state index contributed by atoms with van der Waals surface area (Å²) in [6, 6.07) is 6.30. The van der Waals surface area contributed by atoms with E-state index in [-0.39, 0.29) is 5.75 Å². The fraction of sp³-hybridized carbons (Fsp3) is 0.333. The molecule has 8 heteroatoms. The van der Waals surface area contributed by atoms with Gasteiger partial charge < -0.3 is 15.3 Å². The summed E-state index contributed by atoms with van der Waals surface area (Å²) in [5, 5.41) is 13.3. The lowest BCUT2D eigenvalue weighted by Gasteiger charge is -2.10. The first kappa shape index (κ1) is 15.8. The van der Waals surface area contributed by atoms with Crippen LogP contribution in [0.2, 0.25) is 0 Å². The standard InChI is InChI=1S/C12H13F3N2O3/c1-8(17-19)9-3-2-4-10(5-9)20-6-11(18)16-7-12(13,14)15/h2-5,19H,6-7H2,1H3,(H,16,18). The van der Waals surface area contributed by atoms with Crippen LogP contribution in [-0.4, -0.2) is 36.2 Å². The van der Waals surface area contributed by atoms with Crippen LogP contribution in [0.4, 0.5) is 13.2 Å². The summed E-state index contributed by atoms with van der Waals surface area (Å²) in [6.45, 7) is -0.366. The molecule has 0 radical (unpaired) electrons. The Hall–Kier alpha value is -2.25. The van der Waals surface area contributed by atoms with Gasteiger partial charge in [0.15, 0.2) is 6.61 Å². The number of carbonyl (C=O) groups excluding carboxylic acids is 1. The van der Waals surface area contributed by atoms with E-state index in [1.807, 2.05) is 0 Å². The van der Waals surface area contributed by atoms with Gasteiger partial charge in [-0.1, -0.05) is 17.3 Å². The third-order valence-corrected chi connectivity index (χ3v) is 2.26. The molecule has 0 aliphatic carbocycles. The predicted octanol–water partition coefficient (Wildman–Crippen LogP) is 1.94. The van der Waals surface area contributed by atoms with Gasteiger partial charge in [0.2, 0.25) is 0 Å². The molecule has 0 atom stereocenters. The molecule has 0 bridgehead atoms. The van der Waals surface area contributed by atoms with Gasteiger partial charge in [-0.05, 0) is 19.1 Å². The molecule has 0 fully saturated rings. The summed E-state index contributed by atoms with van der Waals surface area (Å²) >= 11 is 0. The van der Waals surface area contributed by atoms with Gasteiger partial charge in [0.05, 0.1) is 5.71 Å². The van der Waals surface area contributed by atoms with E-state index in [0.717, 1.165) is 0 Å². The minimum Gasteiger partial charge on any atom is -0.484 e. The highest BCUT2D eigenvalue weighted by Gasteiger charge is 2.27. The summed E-state index contributed by atoms with van der Waals surface area (Å²) in [7, 11) is 0. The third-order valence-electron chi connectivity index (χ3n) is 2.26. The fourth-order valence-corrected chi connectivity index (χ4v) is 1.27. The molecule has 1 amide bonds. The van der Waals surface area contributed by atoms with Gasteiger partial charge in [0.1, 0.15) is 12.3 Å². The predicted molar refractivity (Wildman–Crippen MR) is 65.0 cm³/mol. The number of carbonyl (C=O) groups is 1. The second-order valence-corrected chi connectivity index (χ2v) is 3.89. The van der Waals surface area contributed by atoms with Gasteiger partial charge >= 0.3 is 6.18 Å². The van der Waals surface area contributed by atoms with Crippen molar-refractivity contribution in [1.29, 1.82) is 0 Å². The quantitative estimate of drug-likeness (QED) is 0.494. The first-order valence-corrected chi connectivity index (χ1v) is 5.57. The summed E-state index contributed by atoms with van der Waals surface area (Å²) in [5.41, 5.74) is 0.915. The molecular formula is C12H13F3N2O3. The number of ether oxygens (including phenoxy) is 1. The molecule has 5 nitrogen and oxygen atoms in total. The number of rotatable bonds is 5. The molecule has 20 heavy (non-hydrogen) atoms. The lowest BCUT2D eigenvalue weighted by molar-refractivity contribution is -0.139. The molecule has 0 spiro atoms. The van der Waals surface area contributed by atoms with Gasteiger partial charge in [-0.15, -0.1) is 0 Å². The van der Waals surface area contributed by atoms with Gasteiger partial charge in [-0.2, -0.15) is 13.2 Å². The molecule has 0 unspecified atom stereocenters. The van der Waals surface area contributed by atoms with E-state index >= 15 is 0 Å². The Morgan fingerprint density at radius 1 is 1.45 bits per heavy atom. The van der Waals surface area contributed by atoms with Crippen LogP contribution in [-0.2, 0) is 4.79 Å². The van der Waals surface area contributed by atoms with Crippen molar-refractivity contribution in [2.45, 2.75) is 13.1 Å². The van der Waals surface area contributed by atoms with Crippen LogP contribution in [0.5, 0.6) is 5.75 Å². The third kappa shape index (κ3) is 5.59. The van der Waals surface area contributed by atoms with Crippen molar-refractivity contribution >= 4 is 11.6 Å². The first-order chi connectivity index (χ1) is 9.31. The zero-order valence-electron chi connectivity index (χ0n) is 10.6. The average Bonchev–Trinajstić information content (AvgIpc) is 2.41. The molecule has 2 N–H and O–H groups in total. The Bertz CT molecular complexity index is 501. The molecular weight excluding hydrogens is 277 g/mol. The minimum absolute atomic E-state index is 0.285. The highest BCUT2D eigenvalue weighted by atomic mass is 19.4. The Balaban J connectivity index is 2.52. The lowest BCUT2D eigenvalue weighted by Crippen LogP contribution is -2.36. The van der Waals surface area contributed by atoms with Crippen LogP contribution in [0.3, 0.4) is 0 Å². The number of hydrogen-bond acceptors (Lipinski definition) is 4. The maximum absolute atomic E-state index is 11.9. The van der Waals surface area contributed by atoms with E-state index < -0.39 is 25.2 Å². The highest BCUT2D eigenvalue weighted by molar-refractivity contribution is 5.98. The smallest absolute Gasteiger partial charge is 0.405 e. The van der Waals surface area contributed by atoms with E-state index in [9.17, 15) is 18.0 Å². The maximum Gasteiger partial charge on any atom is 0.405 e. The summed E-state index contributed by atoms with van der Waals surface area (Å²) in [5.74, 6) is -0.590. The molecule has 0 aliphatic heterocycles. The van der Waals surface area contributed by atoms with Crippen molar-refractivity contribution in [2.75, 3.05) is 13.2 Å². The Labute approximate surface area is 113 Å². The second kappa shape index (κ2) is 6.78. The number of halogens is 3. The van der Waals surface area contributed by atoms with E-state index in [1.54, 1.807) is 24.4 Å². The summed E-state index contributed by atoms with van der Waals surface area (Å²) in [4.78, 5) is 11.1. The molecule has 0 heterocycles. The first-order valence-electron chi connectivity index (χ1n) is 5.57. The minimum atomic E-state index is -4.45. The van der Waals surface area contributed by atoms with Crippen molar-refractivity contribution < 1.29 is 27.9 Å². The molecule has 1 rings (SSSR count). The zero-order valence-corrected chi connectivity index (χ0v) is 10.6. The SMILES string of the molecule is CC(=NO)c1cccc(OCC(=O)NCC(F)(F)F)c1. The Kier molecular flexibility index (Phi) is 5.36. The second-order valence-electron chi connectivity index (χ2n) is 3.89. The maximum atomic E-state index is 11.9.